The maximum atomic E-state index is 11.0. The first kappa shape index (κ1) is 17.6. The first-order chi connectivity index (χ1) is 12.7. The highest BCUT2D eigenvalue weighted by Gasteiger charge is 2.08. The number of nitrogens with two attached hydrogens (primary N) is 1. The maximum absolute atomic E-state index is 11.0. The van der Waals surface area contributed by atoms with E-state index in [4.69, 9.17) is 15.6 Å². The van der Waals surface area contributed by atoms with Gasteiger partial charge in [-0.25, -0.2) is 0 Å². The maximum Gasteiger partial charge on any atom is 0.307 e. The lowest BCUT2D eigenvalue weighted by Crippen LogP contribution is -2.04. The van der Waals surface area contributed by atoms with Gasteiger partial charge in [-0.2, -0.15) is 0 Å². The van der Waals surface area contributed by atoms with E-state index in [0.29, 0.717) is 24.5 Å². The summed E-state index contributed by atoms with van der Waals surface area (Å²) in [5.41, 5.74) is 10.3. The Kier molecular flexibility index (Phi) is 5.61. The molecule has 0 aliphatic rings. The molecule has 0 fully saturated rings. The number of rotatable bonds is 7. The number of carboxylic acids is 1. The normalized spacial score (nSPS) is 10.5. The molecule has 0 atom stereocenters. The Bertz CT molecular complexity index is 909. The van der Waals surface area contributed by atoms with Crippen molar-refractivity contribution in [1.29, 1.82) is 0 Å². The van der Waals surface area contributed by atoms with E-state index in [0.717, 1.165) is 22.4 Å². The van der Waals surface area contributed by atoms with Gasteiger partial charge in [0.15, 0.2) is 0 Å². The number of hydrogen-bond donors (Lipinski definition) is 2. The lowest BCUT2D eigenvalue weighted by Gasteiger charge is -2.11. The molecule has 1 heterocycles. The second-order valence-electron chi connectivity index (χ2n) is 5.91. The largest absolute Gasteiger partial charge is 0.489 e. The number of carbonyl (C=O) groups is 1. The fourth-order valence-corrected chi connectivity index (χ4v) is 2.72. The minimum atomic E-state index is -0.878. The Hall–Kier alpha value is -3.18. The fraction of sp³-hybridized carbons (Fsp3) is 0.143. The molecule has 5 nitrogen and oxygen atoms in total. The van der Waals surface area contributed by atoms with E-state index in [1.165, 1.54) is 0 Å². The molecule has 3 rings (SSSR count). The van der Waals surface area contributed by atoms with Crippen molar-refractivity contribution in [2.75, 3.05) is 0 Å². The number of ether oxygens (including phenoxy) is 1. The van der Waals surface area contributed by atoms with Crippen LogP contribution in [-0.2, 0) is 24.4 Å². The minimum absolute atomic E-state index is 0.0604. The summed E-state index contributed by atoms with van der Waals surface area (Å²) in [5, 5.41) is 9.01. The average Bonchev–Trinajstić information content (AvgIpc) is 2.67. The number of hydrogen-bond acceptors (Lipinski definition) is 4. The summed E-state index contributed by atoms with van der Waals surface area (Å²) in [6.07, 6.45) is 1.69. The predicted molar refractivity (Wildman–Crippen MR) is 99.7 cm³/mol. The molecule has 1 aromatic heterocycles. The van der Waals surface area contributed by atoms with Crippen LogP contribution in [0.15, 0.2) is 66.9 Å². The van der Waals surface area contributed by atoms with Gasteiger partial charge in [-0.1, -0.05) is 36.4 Å². The number of nitrogens with zero attached hydrogens (tertiary/aromatic N) is 1. The van der Waals surface area contributed by atoms with Crippen molar-refractivity contribution in [1.82, 2.24) is 4.98 Å². The fourth-order valence-electron chi connectivity index (χ4n) is 2.72. The molecule has 0 saturated carbocycles. The predicted octanol–water partition coefficient (Wildman–Crippen LogP) is 3.41. The molecule has 0 saturated heterocycles. The van der Waals surface area contributed by atoms with Crippen LogP contribution in [-0.4, -0.2) is 16.1 Å². The summed E-state index contributed by atoms with van der Waals surface area (Å²) < 4.78 is 5.86. The summed E-state index contributed by atoms with van der Waals surface area (Å²) in [5.74, 6) is -0.286. The average molecular weight is 348 g/mol. The topological polar surface area (TPSA) is 85.4 Å². The summed E-state index contributed by atoms with van der Waals surface area (Å²) >= 11 is 0. The summed E-state index contributed by atoms with van der Waals surface area (Å²) in [4.78, 5) is 15.2. The number of benzene rings is 2. The van der Waals surface area contributed by atoms with Crippen molar-refractivity contribution in [3.05, 3.63) is 83.7 Å². The Morgan fingerprint density at radius 3 is 2.65 bits per heavy atom. The molecule has 132 valence electrons. The number of para-hydroxylation sites is 1. The molecular formula is C21H20N2O3. The highest BCUT2D eigenvalue weighted by atomic mass is 16.5. The number of aromatic nitrogens is 1. The smallest absolute Gasteiger partial charge is 0.307 e. The first-order valence-electron chi connectivity index (χ1n) is 8.32. The third-order valence-corrected chi connectivity index (χ3v) is 3.99. The van der Waals surface area contributed by atoms with Crippen molar-refractivity contribution in [3.8, 4) is 16.9 Å². The Labute approximate surface area is 152 Å². The molecular weight excluding hydrogens is 328 g/mol. The van der Waals surface area contributed by atoms with Crippen LogP contribution in [0.25, 0.3) is 11.1 Å². The van der Waals surface area contributed by atoms with Gasteiger partial charge < -0.3 is 15.6 Å². The third kappa shape index (κ3) is 4.46. The van der Waals surface area contributed by atoms with E-state index in [-0.39, 0.29) is 6.42 Å². The van der Waals surface area contributed by atoms with Crippen molar-refractivity contribution in [2.24, 2.45) is 5.73 Å². The van der Waals surface area contributed by atoms with Crippen LogP contribution in [0.2, 0.25) is 0 Å². The van der Waals surface area contributed by atoms with E-state index in [1.54, 1.807) is 18.3 Å². The molecule has 3 N–H and O–H groups in total. The zero-order valence-electron chi connectivity index (χ0n) is 14.3. The van der Waals surface area contributed by atoms with Gasteiger partial charge in [0.05, 0.1) is 12.1 Å². The second-order valence-corrected chi connectivity index (χ2v) is 5.91. The van der Waals surface area contributed by atoms with E-state index < -0.39 is 5.97 Å². The SMILES string of the molecule is NCc1cc(-c2cccc(COc3ccccc3CC(=O)O)c2)ccn1. The molecule has 3 aromatic rings. The lowest BCUT2D eigenvalue weighted by molar-refractivity contribution is -0.136. The van der Waals surface area contributed by atoms with Gasteiger partial charge in [0, 0.05) is 18.3 Å². The van der Waals surface area contributed by atoms with Crippen LogP contribution in [0.5, 0.6) is 5.75 Å². The summed E-state index contributed by atoms with van der Waals surface area (Å²) in [6.45, 7) is 0.760. The molecule has 0 amide bonds. The van der Waals surface area contributed by atoms with Crippen LogP contribution in [0.4, 0.5) is 0 Å². The first-order valence-corrected chi connectivity index (χ1v) is 8.32. The number of pyridine rings is 1. The molecule has 0 spiro atoms. The molecule has 0 aliphatic heterocycles. The quantitative estimate of drug-likeness (QED) is 0.683. The van der Waals surface area contributed by atoms with Gasteiger partial charge >= 0.3 is 5.97 Å². The van der Waals surface area contributed by atoms with Crippen molar-refractivity contribution in [3.63, 3.8) is 0 Å². The van der Waals surface area contributed by atoms with E-state index in [2.05, 4.69) is 11.1 Å². The van der Waals surface area contributed by atoms with Crippen LogP contribution in [0, 0.1) is 0 Å². The standard InChI is InChI=1S/C21H20N2O3/c22-13-19-11-17(8-9-23-19)16-6-3-4-15(10-16)14-26-20-7-2-1-5-18(20)12-21(24)25/h1-11H,12-14,22H2,(H,24,25). The molecule has 0 aliphatic carbocycles. The van der Waals surface area contributed by atoms with E-state index >= 15 is 0 Å². The van der Waals surface area contributed by atoms with Crippen molar-refractivity contribution < 1.29 is 14.6 Å². The molecule has 2 aromatic carbocycles. The Morgan fingerprint density at radius 2 is 1.85 bits per heavy atom. The number of aliphatic carboxylic acids is 1. The van der Waals surface area contributed by atoms with Crippen LogP contribution in [0.1, 0.15) is 16.8 Å². The molecule has 0 unspecified atom stereocenters. The van der Waals surface area contributed by atoms with Crippen molar-refractivity contribution in [2.45, 2.75) is 19.6 Å². The van der Waals surface area contributed by atoms with Crippen LogP contribution >= 0.6 is 0 Å². The molecule has 26 heavy (non-hydrogen) atoms. The zero-order chi connectivity index (χ0) is 18.4. The zero-order valence-corrected chi connectivity index (χ0v) is 14.3. The van der Waals surface area contributed by atoms with Crippen molar-refractivity contribution >= 4 is 5.97 Å². The van der Waals surface area contributed by atoms with E-state index in [1.807, 2.05) is 42.5 Å². The highest BCUT2D eigenvalue weighted by molar-refractivity contribution is 5.71. The van der Waals surface area contributed by atoms with Gasteiger partial charge in [-0.15, -0.1) is 0 Å². The van der Waals surface area contributed by atoms with E-state index in [9.17, 15) is 4.79 Å². The monoisotopic (exact) mass is 348 g/mol. The van der Waals surface area contributed by atoms with Crippen LogP contribution < -0.4 is 10.5 Å². The second kappa shape index (κ2) is 8.27. The number of carboxylic acid groups (broad SMARTS) is 1. The Morgan fingerprint density at radius 1 is 1.04 bits per heavy atom. The minimum Gasteiger partial charge on any atom is -0.489 e. The molecule has 0 bridgehead atoms. The molecule has 5 heteroatoms. The van der Waals surface area contributed by atoms with Crippen LogP contribution in [0.3, 0.4) is 0 Å². The summed E-state index contributed by atoms with van der Waals surface area (Å²) in [7, 11) is 0. The molecule has 0 radical (unpaired) electrons. The van der Waals surface area contributed by atoms with Gasteiger partial charge in [-0.3, -0.25) is 9.78 Å². The van der Waals surface area contributed by atoms with Gasteiger partial charge in [0.25, 0.3) is 0 Å². The highest BCUT2D eigenvalue weighted by Crippen LogP contribution is 2.23. The lowest BCUT2D eigenvalue weighted by atomic mass is 10.0. The third-order valence-electron chi connectivity index (χ3n) is 3.99. The van der Waals surface area contributed by atoms with Gasteiger partial charge in [0.2, 0.25) is 0 Å². The van der Waals surface area contributed by atoms with Gasteiger partial charge in [0.1, 0.15) is 12.4 Å². The summed E-state index contributed by atoms with van der Waals surface area (Å²) in [6, 6.07) is 19.2. The Balaban J connectivity index is 1.77. The van der Waals surface area contributed by atoms with Gasteiger partial charge in [-0.05, 0) is 41.0 Å².